The van der Waals surface area contributed by atoms with E-state index in [2.05, 4.69) is 4.74 Å². The highest BCUT2D eigenvalue weighted by molar-refractivity contribution is 5.89. The van der Waals surface area contributed by atoms with Crippen molar-refractivity contribution in [2.24, 2.45) is 5.92 Å². The molecule has 0 heterocycles. The van der Waals surface area contributed by atoms with Crippen molar-refractivity contribution >= 4 is 11.9 Å². The molecule has 1 aliphatic carbocycles. The maximum absolute atomic E-state index is 14.1. The average Bonchev–Trinajstić information content (AvgIpc) is 3.03. The van der Waals surface area contributed by atoms with Crippen molar-refractivity contribution in [2.75, 3.05) is 7.11 Å². The lowest BCUT2D eigenvalue weighted by Crippen LogP contribution is -2.10. The molecule has 1 N–H and O–H groups in total. The predicted molar refractivity (Wildman–Crippen MR) is 56.3 cm³/mol. The number of halogens is 1. The molecule has 0 aliphatic heterocycles. The van der Waals surface area contributed by atoms with Crippen LogP contribution >= 0.6 is 0 Å². The Bertz CT molecular complexity index is 468. The van der Waals surface area contributed by atoms with E-state index in [9.17, 15) is 14.0 Å². The molecule has 0 saturated heterocycles. The van der Waals surface area contributed by atoms with E-state index in [0.29, 0.717) is 5.56 Å². The van der Waals surface area contributed by atoms with Crippen LogP contribution in [0.25, 0.3) is 0 Å². The van der Waals surface area contributed by atoms with Crippen LogP contribution in [0.1, 0.15) is 22.3 Å². The molecule has 1 aromatic rings. The van der Waals surface area contributed by atoms with Gasteiger partial charge in [0, 0.05) is 6.42 Å². The second kappa shape index (κ2) is 3.84. The molecule has 0 aromatic heterocycles. The molecule has 0 radical (unpaired) electrons. The fraction of sp³-hybridized carbons (Fsp3) is 0.333. The highest BCUT2D eigenvalue weighted by atomic mass is 19.1. The van der Waals surface area contributed by atoms with Gasteiger partial charge in [0.05, 0.1) is 18.6 Å². The topological polar surface area (TPSA) is 63.6 Å². The summed E-state index contributed by atoms with van der Waals surface area (Å²) in [6.07, 6.45) is -0.0140. The highest BCUT2D eigenvalue weighted by Gasteiger charge is 2.61. The fourth-order valence-corrected chi connectivity index (χ4v) is 1.84. The SMILES string of the molecule is COC(=O)c1ccc(C2(F)CC2C(=O)O)cc1. The molecule has 1 aliphatic rings. The smallest absolute Gasteiger partial charge is 0.337 e. The Morgan fingerprint density at radius 1 is 1.41 bits per heavy atom. The molecule has 1 saturated carbocycles. The molecule has 2 rings (SSSR count). The number of benzene rings is 1. The number of aliphatic carboxylic acids is 1. The third-order valence-electron chi connectivity index (χ3n) is 2.98. The number of ether oxygens (including phenoxy) is 1. The Morgan fingerprint density at radius 2 is 2.00 bits per heavy atom. The zero-order valence-electron chi connectivity index (χ0n) is 9.14. The standard InChI is InChI=1S/C12H11FO4/c1-17-11(16)7-2-4-8(5-3-7)12(13)6-9(12)10(14)15/h2-5,9H,6H2,1H3,(H,14,15). The summed E-state index contributed by atoms with van der Waals surface area (Å²) in [5.74, 6) is -2.62. The van der Waals surface area contributed by atoms with E-state index in [0.717, 1.165) is 0 Å². The van der Waals surface area contributed by atoms with Gasteiger partial charge in [-0.3, -0.25) is 4.79 Å². The van der Waals surface area contributed by atoms with Crippen LogP contribution in [-0.4, -0.2) is 24.2 Å². The molecule has 5 heteroatoms. The summed E-state index contributed by atoms with van der Waals surface area (Å²) >= 11 is 0. The maximum atomic E-state index is 14.1. The zero-order chi connectivity index (χ0) is 12.6. The monoisotopic (exact) mass is 238 g/mol. The van der Waals surface area contributed by atoms with E-state index >= 15 is 0 Å². The molecule has 17 heavy (non-hydrogen) atoms. The summed E-state index contributed by atoms with van der Waals surface area (Å²) in [4.78, 5) is 21.8. The molecule has 2 atom stereocenters. The number of methoxy groups -OCH3 is 1. The summed E-state index contributed by atoms with van der Waals surface area (Å²) in [7, 11) is 1.26. The van der Waals surface area contributed by atoms with Gasteiger partial charge in [-0.2, -0.15) is 0 Å². The molecule has 0 amide bonds. The first-order valence-corrected chi connectivity index (χ1v) is 5.09. The van der Waals surface area contributed by atoms with Gasteiger partial charge in [0.1, 0.15) is 5.67 Å². The van der Waals surface area contributed by atoms with Crippen molar-refractivity contribution in [1.29, 1.82) is 0 Å². The van der Waals surface area contributed by atoms with Crippen LogP contribution in [0.2, 0.25) is 0 Å². The minimum absolute atomic E-state index is 0.0140. The largest absolute Gasteiger partial charge is 0.481 e. The van der Waals surface area contributed by atoms with Crippen LogP contribution in [0.5, 0.6) is 0 Å². The van der Waals surface area contributed by atoms with Gasteiger partial charge in [0.25, 0.3) is 0 Å². The lowest BCUT2D eigenvalue weighted by molar-refractivity contribution is -0.139. The molecular formula is C12H11FO4. The summed E-state index contributed by atoms with van der Waals surface area (Å²) < 4.78 is 18.6. The minimum Gasteiger partial charge on any atom is -0.481 e. The molecule has 90 valence electrons. The van der Waals surface area contributed by atoms with Crippen molar-refractivity contribution in [2.45, 2.75) is 12.1 Å². The van der Waals surface area contributed by atoms with Crippen molar-refractivity contribution in [3.8, 4) is 0 Å². The van der Waals surface area contributed by atoms with Crippen LogP contribution < -0.4 is 0 Å². The normalized spacial score (nSPS) is 26.4. The summed E-state index contributed by atoms with van der Waals surface area (Å²) in [5, 5.41) is 8.72. The number of hydrogen-bond acceptors (Lipinski definition) is 3. The van der Waals surface area contributed by atoms with Gasteiger partial charge in [-0.25, -0.2) is 9.18 Å². The van der Waals surface area contributed by atoms with Gasteiger partial charge in [0.15, 0.2) is 0 Å². The fourth-order valence-electron chi connectivity index (χ4n) is 1.84. The second-order valence-corrected chi connectivity index (χ2v) is 4.03. The third-order valence-corrected chi connectivity index (χ3v) is 2.98. The third kappa shape index (κ3) is 1.88. The van der Waals surface area contributed by atoms with Gasteiger partial charge in [-0.05, 0) is 17.7 Å². The Morgan fingerprint density at radius 3 is 2.41 bits per heavy atom. The average molecular weight is 238 g/mol. The first-order chi connectivity index (χ1) is 7.99. The molecule has 2 unspecified atom stereocenters. The number of alkyl halides is 1. The van der Waals surface area contributed by atoms with Gasteiger partial charge in [-0.15, -0.1) is 0 Å². The first-order valence-electron chi connectivity index (χ1n) is 5.09. The highest BCUT2D eigenvalue weighted by Crippen LogP contribution is 2.55. The maximum Gasteiger partial charge on any atom is 0.337 e. The Hall–Kier alpha value is -1.91. The molecule has 4 nitrogen and oxygen atoms in total. The number of hydrogen-bond donors (Lipinski definition) is 1. The Kier molecular flexibility index (Phi) is 2.61. The van der Waals surface area contributed by atoms with Crippen molar-refractivity contribution < 1.29 is 23.8 Å². The van der Waals surface area contributed by atoms with E-state index in [1.54, 1.807) is 0 Å². The van der Waals surface area contributed by atoms with Crippen molar-refractivity contribution in [3.63, 3.8) is 0 Å². The van der Waals surface area contributed by atoms with E-state index < -0.39 is 23.5 Å². The van der Waals surface area contributed by atoms with E-state index in [4.69, 9.17) is 5.11 Å². The molecule has 1 fully saturated rings. The van der Waals surface area contributed by atoms with Gasteiger partial charge < -0.3 is 9.84 Å². The quantitative estimate of drug-likeness (QED) is 0.815. The lowest BCUT2D eigenvalue weighted by Gasteiger charge is -2.07. The molecular weight excluding hydrogens is 227 g/mol. The second-order valence-electron chi connectivity index (χ2n) is 4.03. The number of carbonyl (C=O) groups is 2. The first kappa shape index (κ1) is 11.6. The van der Waals surface area contributed by atoms with E-state index in [-0.39, 0.29) is 12.0 Å². The number of esters is 1. The lowest BCUT2D eigenvalue weighted by atomic mass is 10.0. The van der Waals surface area contributed by atoms with E-state index in [1.165, 1.54) is 31.4 Å². The van der Waals surface area contributed by atoms with Gasteiger partial charge in [-0.1, -0.05) is 12.1 Å². The van der Waals surface area contributed by atoms with Crippen LogP contribution in [-0.2, 0) is 15.2 Å². The van der Waals surface area contributed by atoms with Crippen LogP contribution in [0.4, 0.5) is 4.39 Å². The predicted octanol–water partition coefficient (Wildman–Crippen LogP) is 1.74. The van der Waals surface area contributed by atoms with Crippen molar-refractivity contribution in [3.05, 3.63) is 35.4 Å². The summed E-state index contributed by atoms with van der Waals surface area (Å²) in [6, 6.07) is 5.71. The van der Waals surface area contributed by atoms with Crippen LogP contribution in [0, 0.1) is 5.92 Å². The number of rotatable bonds is 3. The number of carboxylic acids is 1. The zero-order valence-corrected chi connectivity index (χ0v) is 9.14. The molecule has 0 bridgehead atoms. The van der Waals surface area contributed by atoms with Gasteiger partial charge >= 0.3 is 11.9 Å². The van der Waals surface area contributed by atoms with Gasteiger partial charge in [0.2, 0.25) is 0 Å². The molecule has 1 aromatic carbocycles. The minimum atomic E-state index is -1.79. The van der Waals surface area contributed by atoms with Crippen LogP contribution in [0.15, 0.2) is 24.3 Å². The summed E-state index contributed by atoms with van der Waals surface area (Å²) in [6.45, 7) is 0. The number of carbonyl (C=O) groups excluding carboxylic acids is 1. The molecule has 0 spiro atoms. The summed E-state index contributed by atoms with van der Waals surface area (Å²) in [5.41, 5.74) is -1.19. The van der Waals surface area contributed by atoms with Crippen LogP contribution in [0.3, 0.4) is 0 Å². The number of carboxylic acid groups (broad SMARTS) is 1. The van der Waals surface area contributed by atoms with Crippen molar-refractivity contribution in [1.82, 2.24) is 0 Å². The Labute approximate surface area is 97.0 Å². The Balaban J connectivity index is 2.20. The van der Waals surface area contributed by atoms with E-state index in [1.807, 2.05) is 0 Å².